The summed E-state index contributed by atoms with van der Waals surface area (Å²) in [5, 5.41) is 3.32. The molecule has 0 saturated carbocycles. The third-order valence-corrected chi connectivity index (χ3v) is 3.55. The molecule has 0 aromatic heterocycles. The van der Waals surface area contributed by atoms with E-state index in [9.17, 15) is 4.39 Å². The molecule has 0 aliphatic carbocycles. The van der Waals surface area contributed by atoms with Crippen LogP contribution in [0.3, 0.4) is 0 Å². The third-order valence-electron chi connectivity index (χ3n) is 3.06. The van der Waals surface area contributed by atoms with Crippen LogP contribution in [0.4, 0.5) is 10.1 Å². The Kier molecular flexibility index (Phi) is 4.59. The Labute approximate surface area is 122 Å². The van der Waals surface area contributed by atoms with Crippen molar-refractivity contribution in [3.63, 3.8) is 0 Å². The number of anilines is 1. The molecule has 100 valence electrons. The molecule has 0 unspecified atom stereocenters. The van der Waals surface area contributed by atoms with E-state index in [0.717, 1.165) is 10.2 Å². The highest BCUT2D eigenvalue weighted by Crippen LogP contribution is 2.25. The van der Waals surface area contributed by atoms with E-state index in [0.29, 0.717) is 18.0 Å². The molecule has 0 atom stereocenters. The molecule has 0 radical (unpaired) electrons. The van der Waals surface area contributed by atoms with E-state index in [2.05, 4.69) is 41.2 Å². The molecule has 0 spiro atoms. The lowest BCUT2D eigenvalue weighted by atomic mass is 10.0. The van der Waals surface area contributed by atoms with Crippen LogP contribution in [0.25, 0.3) is 0 Å². The van der Waals surface area contributed by atoms with Crippen molar-refractivity contribution < 1.29 is 4.39 Å². The van der Waals surface area contributed by atoms with E-state index in [4.69, 9.17) is 0 Å². The van der Waals surface area contributed by atoms with Crippen molar-refractivity contribution >= 4 is 21.6 Å². The van der Waals surface area contributed by atoms with E-state index in [1.54, 1.807) is 12.1 Å². The second kappa shape index (κ2) is 6.20. The summed E-state index contributed by atoms with van der Waals surface area (Å²) in [7, 11) is 0. The number of nitrogens with one attached hydrogen (secondary N) is 1. The Morgan fingerprint density at radius 3 is 2.63 bits per heavy atom. The summed E-state index contributed by atoms with van der Waals surface area (Å²) in [5.41, 5.74) is 2.97. The molecule has 1 nitrogen and oxygen atoms in total. The van der Waals surface area contributed by atoms with E-state index in [1.165, 1.54) is 11.6 Å². The zero-order chi connectivity index (χ0) is 13.8. The molecular weight excluding hydrogens is 305 g/mol. The van der Waals surface area contributed by atoms with Gasteiger partial charge < -0.3 is 5.32 Å². The number of para-hydroxylation sites is 1. The highest BCUT2D eigenvalue weighted by molar-refractivity contribution is 9.10. The summed E-state index contributed by atoms with van der Waals surface area (Å²) in [5.74, 6) is 0.258. The summed E-state index contributed by atoms with van der Waals surface area (Å²) in [6, 6.07) is 13.2. The van der Waals surface area contributed by atoms with Gasteiger partial charge in [0.15, 0.2) is 0 Å². The van der Waals surface area contributed by atoms with Crippen LogP contribution in [0.2, 0.25) is 0 Å². The second-order valence-electron chi connectivity index (χ2n) is 4.83. The second-order valence-corrected chi connectivity index (χ2v) is 5.75. The molecule has 0 fully saturated rings. The maximum Gasteiger partial charge on any atom is 0.128 e. The van der Waals surface area contributed by atoms with Crippen LogP contribution in [0, 0.1) is 5.82 Å². The van der Waals surface area contributed by atoms with Crippen LogP contribution in [0.15, 0.2) is 46.9 Å². The smallest absolute Gasteiger partial charge is 0.128 e. The van der Waals surface area contributed by atoms with Crippen molar-refractivity contribution in [2.24, 2.45) is 0 Å². The normalized spacial score (nSPS) is 10.8. The molecule has 19 heavy (non-hydrogen) atoms. The molecule has 0 amide bonds. The molecular formula is C16H17BrFN. The monoisotopic (exact) mass is 321 g/mol. The molecule has 2 aromatic carbocycles. The summed E-state index contributed by atoms with van der Waals surface area (Å²) in [4.78, 5) is 0. The first-order valence-corrected chi connectivity index (χ1v) is 7.14. The van der Waals surface area contributed by atoms with E-state index in [-0.39, 0.29) is 5.82 Å². The van der Waals surface area contributed by atoms with E-state index in [1.807, 2.05) is 18.2 Å². The number of rotatable bonds is 4. The lowest BCUT2D eigenvalue weighted by Gasteiger charge is -2.15. The van der Waals surface area contributed by atoms with Crippen LogP contribution >= 0.6 is 15.9 Å². The minimum atomic E-state index is -0.183. The molecule has 0 bridgehead atoms. The molecule has 2 aromatic rings. The predicted octanol–water partition coefficient (Wildman–Crippen LogP) is 5.32. The van der Waals surface area contributed by atoms with Crippen molar-refractivity contribution in [3.05, 3.63) is 63.9 Å². The maximum atomic E-state index is 13.7. The molecule has 3 heteroatoms. The zero-order valence-corrected chi connectivity index (χ0v) is 12.7. The Morgan fingerprint density at radius 1 is 1.16 bits per heavy atom. The van der Waals surface area contributed by atoms with Gasteiger partial charge in [-0.2, -0.15) is 0 Å². The lowest BCUT2D eigenvalue weighted by Crippen LogP contribution is -2.05. The minimum Gasteiger partial charge on any atom is -0.381 e. The summed E-state index contributed by atoms with van der Waals surface area (Å²) < 4.78 is 14.6. The van der Waals surface area contributed by atoms with Gasteiger partial charge in [0.1, 0.15) is 5.82 Å². The van der Waals surface area contributed by atoms with Gasteiger partial charge in [0, 0.05) is 22.3 Å². The summed E-state index contributed by atoms with van der Waals surface area (Å²) in [6.07, 6.45) is 0. The molecule has 2 rings (SSSR count). The topological polar surface area (TPSA) is 12.0 Å². The van der Waals surface area contributed by atoms with Crippen LogP contribution in [-0.2, 0) is 6.54 Å². The lowest BCUT2D eigenvalue weighted by molar-refractivity contribution is 0.612. The molecule has 0 aliphatic rings. The van der Waals surface area contributed by atoms with Crippen molar-refractivity contribution in [3.8, 4) is 0 Å². The van der Waals surface area contributed by atoms with Crippen molar-refractivity contribution in [2.45, 2.75) is 26.3 Å². The molecule has 0 aliphatic heterocycles. The zero-order valence-electron chi connectivity index (χ0n) is 11.1. The number of halogens is 2. The molecule has 0 saturated heterocycles. The van der Waals surface area contributed by atoms with Crippen molar-refractivity contribution in [1.29, 1.82) is 0 Å². The average Bonchev–Trinajstić information content (AvgIpc) is 2.40. The van der Waals surface area contributed by atoms with Gasteiger partial charge in [0.05, 0.1) is 0 Å². The van der Waals surface area contributed by atoms with E-state index < -0.39 is 0 Å². The van der Waals surface area contributed by atoms with Gasteiger partial charge >= 0.3 is 0 Å². The third kappa shape index (κ3) is 3.57. The number of benzene rings is 2. The summed E-state index contributed by atoms with van der Waals surface area (Å²) >= 11 is 3.37. The summed E-state index contributed by atoms with van der Waals surface area (Å²) in [6.45, 7) is 4.79. The Morgan fingerprint density at radius 2 is 1.89 bits per heavy atom. The fourth-order valence-corrected chi connectivity index (χ4v) is 2.44. The van der Waals surface area contributed by atoms with Crippen LogP contribution in [-0.4, -0.2) is 0 Å². The van der Waals surface area contributed by atoms with Crippen molar-refractivity contribution in [1.82, 2.24) is 0 Å². The van der Waals surface area contributed by atoms with Gasteiger partial charge in [0.2, 0.25) is 0 Å². The Hall–Kier alpha value is -1.35. The Bertz CT molecular complexity index is 566. The highest BCUT2D eigenvalue weighted by atomic mass is 79.9. The van der Waals surface area contributed by atoms with Gasteiger partial charge in [-0.1, -0.05) is 48.0 Å². The van der Waals surface area contributed by atoms with Gasteiger partial charge in [0.25, 0.3) is 0 Å². The van der Waals surface area contributed by atoms with Crippen LogP contribution in [0.1, 0.15) is 30.9 Å². The fraction of sp³-hybridized carbons (Fsp3) is 0.250. The van der Waals surface area contributed by atoms with Crippen LogP contribution < -0.4 is 5.32 Å². The first-order chi connectivity index (χ1) is 9.08. The fourth-order valence-electron chi connectivity index (χ4n) is 2.03. The van der Waals surface area contributed by atoms with Crippen LogP contribution in [0.5, 0.6) is 0 Å². The van der Waals surface area contributed by atoms with E-state index >= 15 is 0 Å². The standard InChI is InChI=1S/C16H17BrFN/c1-11(2)14-5-3-4-6-16(14)19-10-12-9-13(17)7-8-15(12)18/h3-9,11,19H,10H2,1-2H3. The Balaban J connectivity index is 2.17. The van der Waals surface area contributed by atoms with Gasteiger partial charge in [-0.3, -0.25) is 0 Å². The quantitative estimate of drug-likeness (QED) is 0.803. The van der Waals surface area contributed by atoms with Gasteiger partial charge in [-0.05, 0) is 35.7 Å². The first kappa shape index (κ1) is 14.1. The van der Waals surface area contributed by atoms with Gasteiger partial charge in [-0.25, -0.2) is 4.39 Å². The molecule has 1 N–H and O–H groups in total. The van der Waals surface area contributed by atoms with Crippen molar-refractivity contribution in [2.75, 3.05) is 5.32 Å². The highest BCUT2D eigenvalue weighted by Gasteiger charge is 2.07. The largest absolute Gasteiger partial charge is 0.381 e. The maximum absolute atomic E-state index is 13.7. The predicted molar refractivity (Wildman–Crippen MR) is 82.0 cm³/mol. The first-order valence-electron chi connectivity index (χ1n) is 6.34. The number of hydrogen-bond acceptors (Lipinski definition) is 1. The molecule has 0 heterocycles. The average molecular weight is 322 g/mol. The number of hydrogen-bond donors (Lipinski definition) is 1. The van der Waals surface area contributed by atoms with Gasteiger partial charge in [-0.15, -0.1) is 0 Å². The minimum absolute atomic E-state index is 0.183. The SMILES string of the molecule is CC(C)c1ccccc1NCc1cc(Br)ccc1F.